The standard InChI is InChI=1S/C17H15FN4O3S2/c1-2-19-27(24,25)12-8-9-14(18)13(10-12)15(23)20-17-22-21-16(26-17)11-6-4-3-5-7-11/h3-10,19H,2H2,1H3,(H,20,22,23). The first-order valence-corrected chi connectivity index (χ1v) is 10.2. The molecule has 0 bridgehead atoms. The van der Waals surface area contributed by atoms with Gasteiger partial charge in [-0.1, -0.05) is 48.6 Å². The number of nitrogens with one attached hydrogen (secondary N) is 2. The maximum Gasteiger partial charge on any atom is 0.260 e. The highest BCUT2D eigenvalue weighted by Crippen LogP contribution is 2.26. The zero-order valence-electron chi connectivity index (χ0n) is 14.1. The van der Waals surface area contributed by atoms with Crippen molar-refractivity contribution in [2.75, 3.05) is 11.9 Å². The Kier molecular flexibility index (Phi) is 5.59. The molecule has 0 saturated carbocycles. The number of carbonyl (C=O) groups excluding carboxylic acids is 1. The average Bonchev–Trinajstić information content (AvgIpc) is 3.11. The maximum atomic E-state index is 14.1. The number of anilines is 1. The Morgan fingerprint density at radius 3 is 2.59 bits per heavy atom. The van der Waals surface area contributed by atoms with E-state index in [-0.39, 0.29) is 16.6 Å². The van der Waals surface area contributed by atoms with E-state index in [4.69, 9.17) is 0 Å². The number of halogens is 1. The van der Waals surface area contributed by atoms with Gasteiger partial charge in [-0.2, -0.15) is 0 Å². The predicted molar refractivity (Wildman–Crippen MR) is 101 cm³/mol. The minimum Gasteiger partial charge on any atom is -0.296 e. The fraction of sp³-hybridized carbons (Fsp3) is 0.118. The third-order valence-electron chi connectivity index (χ3n) is 3.49. The van der Waals surface area contributed by atoms with Gasteiger partial charge in [0.2, 0.25) is 15.2 Å². The largest absolute Gasteiger partial charge is 0.296 e. The van der Waals surface area contributed by atoms with Gasteiger partial charge in [0, 0.05) is 12.1 Å². The van der Waals surface area contributed by atoms with Crippen molar-refractivity contribution in [1.82, 2.24) is 14.9 Å². The number of sulfonamides is 1. The molecular formula is C17H15FN4O3S2. The number of hydrogen-bond acceptors (Lipinski definition) is 6. The SMILES string of the molecule is CCNS(=O)(=O)c1ccc(F)c(C(=O)Nc2nnc(-c3ccccc3)s2)c1. The van der Waals surface area contributed by atoms with E-state index in [0.717, 1.165) is 35.1 Å². The fourth-order valence-electron chi connectivity index (χ4n) is 2.25. The van der Waals surface area contributed by atoms with E-state index in [9.17, 15) is 17.6 Å². The average molecular weight is 406 g/mol. The molecule has 0 saturated heterocycles. The monoisotopic (exact) mass is 406 g/mol. The Morgan fingerprint density at radius 2 is 1.89 bits per heavy atom. The minimum atomic E-state index is -3.81. The van der Waals surface area contributed by atoms with E-state index < -0.39 is 27.3 Å². The number of amides is 1. The molecule has 3 aromatic rings. The molecule has 2 aromatic carbocycles. The second-order valence-corrected chi connectivity index (χ2v) is 8.12. The predicted octanol–water partition coefficient (Wildman–Crippen LogP) is 2.89. The lowest BCUT2D eigenvalue weighted by atomic mass is 10.2. The van der Waals surface area contributed by atoms with Gasteiger partial charge in [-0.15, -0.1) is 10.2 Å². The Morgan fingerprint density at radius 1 is 1.15 bits per heavy atom. The highest BCUT2D eigenvalue weighted by atomic mass is 32.2. The highest BCUT2D eigenvalue weighted by Gasteiger charge is 2.20. The fourth-order valence-corrected chi connectivity index (χ4v) is 4.07. The second-order valence-electron chi connectivity index (χ2n) is 5.38. The third kappa shape index (κ3) is 4.35. The summed E-state index contributed by atoms with van der Waals surface area (Å²) in [6.07, 6.45) is 0. The quantitative estimate of drug-likeness (QED) is 0.656. The van der Waals surface area contributed by atoms with E-state index in [1.807, 2.05) is 30.3 Å². The Hall–Kier alpha value is -2.69. The molecule has 27 heavy (non-hydrogen) atoms. The van der Waals surface area contributed by atoms with Crippen LogP contribution in [0.25, 0.3) is 10.6 Å². The van der Waals surface area contributed by atoms with Crippen LogP contribution in [0.3, 0.4) is 0 Å². The molecule has 3 rings (SSSR count). The van der Waals surface area contributed by atoms with Crippen molar-refractivity contribution in [3.05, 3.63) is 59.9 Å². The van der Waals surface area contributed by atoms with Crippen LogP contribution in [-0.4, -0.2) is 31.1 Å². The minimum absolute atomic E-state index is 0.175. The topological polar surface area (TPSA) is 101 Å². The van der Waals surface area contributed by atoms with Gasteiger partial charge < -0.3 is 0 Å². The van der Waals surface area contributed by atoms with E-state index in [1.54, 1.807) is 6.92 Å². The summed E-state index contributed by atoms with van der Waals surface area (Å²) in [6.45, 7) is 1.79. The molecule has 0 aliphatic rings. The van der Waals surface area contributed by atoms with Crippen molar-refractivity contribution in [3.8, 4) is 10.6 Å². The summed E-state index contributed by atoms with van der Waals surface area (Å²) in [5.41, 5.74) is 0.436. The van der Waals surface area contributed by atoms with Gasteiger partial charge in [-0.3, -0.25) is 10.1 Å². The number of rotatable bonds is 6. The van der Waals surface area contributed by atoms with Crippen molar-refractivity contribution in [1.29, 1.82) is 0 Å². The number of aromatic nitrogens is 2. The van der Waals surface area contributed by atoms with Crippen LogP contribution in [0.1, 0.15) is 17.3 Å². The van der Waals surface area contributed by atoms with Crippen molar-refractivity contribution in [2.45, 2.75) is 11.8 Å². The third-order valence-corrected chi connectivity index (χ3v) is 5.92. The van der Waals surface area contributed by atoms with Crippen LogP contribution in [0.2, 0.25) is 0 Å². The summed E-state index contributed by atoms with van der Waals surface area (Å²) < 4.78 is 40.5. The number of benzene rings is 2. The molecule has 140 valence electrons. The molecular weight excluding hydrogens is 391 g/mol. The molecule has 2 N–H and O–H groups in total. The molecule has 0 unspecified atom stereocenters. The van der Waals surface area contributed by atoms with Crippen molar-refractivity contribution < 1.29 is 17.6 Å². The summed E-state index contributed by atoms with van der Waals surface area (Å²) in [7, 11) is -3.81. The van der Waals surface area contributed by atoms with Gasteiger partial charge in [-0.25, -0.2) is 17.5 Å². The van der Waals surface area contributed by atoms with E-state index in [2.05, 4.69) is 20.2 Å². The summed E-state index contributed by atoms with van der Waals surface area (Å²) in [6, 6.07) is 12.3. The van der Waals surface area contributed by atoms with Crippen LogP contribution in [0.15, 0.2) is 53.4 Å². The smallest absolute Gasteiger partial charge is 0.260 e. The Labute approximate surface area is 159 Å². The number of hydrogen-bond donors (Lipinski definition) is 2. The summed E-state index contributed by atoms with van der Waals surface area (Å²) in [5, 5.41) is 11.1. The molecule has 1 aromatic heterocycles. The van der Waals surface area contributed by atoms with Gasteiger partial charge in [-0.05, 0) is 18.2 Å². The Bertz CT molecular complexity index is 1070. The highest BCUT2D eigenvalue weighted by molar-refractivity contribution is 7.89. The molecule has 1 amide bonds. The van der Waals surface area contributed by atoms with Crippen molar-refractivity contribution in [2.24, 2.45) is 0 Å². The molecule has 1 heterocycles. The van der Waals surface area contributed by atoms with E-state index in [1.165, 1.54) is 0 Å². The normalized spacial score (nSPS) is 11.3. The van der Waals surface area contributed by atoms with Gasteiger partial charge >= 0.3 is 0 Å². The van der Waals surface area contributed by atoms with Gasteiger partial charge in [0.05, 0.1) is 10.5 Å². The molecule has 0 atom stereocenters. The van der Waals surface area contributed by atoms with Crippen molar-refractivity contribution >= 4 is 32.4 Å². The van der Waals surface area contributed by atoms with E-state index >= 15 is 0 Å². The lowest BCUT2D eigenvalue weighted by Gasteiger charge is -2.07. The van der Waals surface area contributed by atoms with E-state index in [0.29, 0.717) is 5.01 Å². The van der Waals surface area contributed by atoms with Crippen LogP contribution >= 0.6 is 11.3 Å². The van der Waals surface area contributed by atoms with Gasteiger partial charge in [0.25, 0.3) is 5.91 Å². The summed E-state index contributed by atoms with van der Waals surface area (Å²) >= 11 is 1.13. The van der Waals surface area contributed by atoms with Crippen LogP contribution in [-0.2, 0) is 10.0 Å². The maximum absolute atomic E-state index is 14.1. The molecule has 0 spiro atoms. The van der Waals surface area contributed by atoms with Crippen molar-refractivity contribution in [3.63, 3.8) is 0 Å². The number of carbonyl (C=O) groups is 1. The van der Waals surface area contributed by atoms with Crippen LogP contribution in [0.5, 0.6) is 0 Å². The zero-order valence-corrected chi connectivity index (χ0v) is 15.8. The van der Waals surface area contributed by atoms with Gasteiger partial charge in [0.15, 0.2) is 0 Å². The van der Waals surface area contributed by atoms with Crippen LogP contribution in [0, 0.1) is 5.82 Å². The molecule has 10 heteroatoms. The first-order chi connectivity index (χ1) is 12.9. The lowest BCUT2D eigenvalue weighted by molar-refractivity contribution is 0.102. The lowest BCUT2D eigenvalue weighted by Crippen LogP contribution is -2.24. The summed E-state index contributed by atoms with van der Waals surface area (Å²) in [4.78, 5) is 12.2. The number of nitrogens with zero attached hydrogens (tertiary/aromatic N) is 2. The second kappa shape index (κ2) is 7.91. The van der Waals surface area contributed by atoms with Gasteiger partial charge in [0.1, 0.15) is 10.8 Å². The summed E-state index contributed by atoms with van der Waals surface area (Å²) in [5.74, 6) is -1.65. The zero-order chi connectivity index (χ0) is 19.4. The first-order valence-electron chi connectivity index (χ1n) is 7.90. The molecule has 0 aliphatic heterocycles. The van der Waals surface area contributed by atoms with Crippen LogP contribution in [0.4, 0.5) is 9.52 Å². The first kappa shape index (κ1) is 19.1. The Balaban J connectivity index is 1.84. The molecule has 0 fully saturated rings. The molecule has 0 radical (unpaired) electrons. The molecule has 7 nitrogen and oxygen atoms in total. The van der Waals surface area contributed by atoms with Crippen LogP contribution < -0.4 is 10.0 Å². The molecule has 0 aliphatic carbocycles.